The van der Waals surface area contributed by atoms with Crippen LogP contribution < -0.4 is 0 Å². The van der Waals surface area contributed by atoms with E-state index in [1.807, 2.05) is 5.01 Å². The molecule has 0 bridgehead atoms. The SMILES string of the molecule is CC(O)CN1CCN(C=C=O)CCN(C=C=O)CCN1C=C=O. The van der Waals surface area contributed by atoms with Gasteiger partial charge in [0.15, 0.2) is 0 Å². The molecule has 0 aromatic rings. The minimum Gasteiger partial charge on any atom is -0.392 e. The van der Waals surface area contributed by atoms with Gasteiger partial charge in [0.25, 0.3) is 0 Å². The Labute approximate surface area is 135 Å². The van der Waals surface area contributed by atoms with Crippen LogP contribution in [-0.4, -0.2) is 94.7 Å². The first-order chi connectivity index (χ1) is 11.1. The Morgan fingerprint density at radius 1 is 0.870 bits per heavy atom. The summed E-state index contributed by atoms with van der Waals surface area (Å²) in [5, 5.41) is 13.1. The van der Waals surface area contributed by atoms with Crippen LogP contribution in [0.2, 0.25) is 0 Å². The van der Waals surface area contributed by atoms with Crippen LogP contribution in [-0.2, 0) is 14.4 Å². The lowest BCUT2D eigenvalue weighted by atomic mass is 10.3. The van der Waals surface area contributed by atoms with Crippen molar-refractivity contribution in [3.8, 4) is 0 Å². The van der Waals surface area contributed by atoms with Crippen molar-refractivity contribution in [1.82, 2.24) is 19.8 Å². The van der Waals surface area contributed by atoms with Crippen molar-refractivity contribution in [2.24, 2.45) is 0 Å². The maximum absolute atomic E-state index is 10.8. The molecular formula is C15H22N4O4. The Kier molecular flexibility index (Phi) is 8.47. The van der Waals surface area contributed by atoms with Crippen LogP contribution in [0.25, 0.3) is 0 Å². The molecule has 1 rings (SSSR count). The van der Waals surface area contributed by atoms with Gasteiger partial charge in [0.1, 0.15) is 17.8 Å². The molecule has 1 N–H and O–H groups in total. The summed E-state index contributed by atoms with van der Waals surface area (Å²) in [6.45, 7) is 5.08. The predicted octanol–water partition coefficient (Wildman–Crippen LogP) is -1.46. The standard InChI is InChI=1S/C15H22N4O4/c1-15(23)14-19-7-5-17(9-12-21)3-2-16(8-11-20)4-6-18(19)10-13-22/h8-10,15,23H,2-7,14H2,1H3. The van der Waals surface area contributed by atoms with Gasteiger partial charge in [-0.1, -0.05) is 0 Å². The predicted molar refractivity (Wildman–Crippen MR) is 83.9 cm³/mol. The fourth-order valence-corrected chi connectivity index (χ4v) is 2.34. The third-order valence-electron chi connectivity index (χ3n) is 3.45. The Bertz CT molecular complexity index is 506. The Hall–Kier alpha value is -2.33. The van der Waals surface area contributed by atoms with Crippen molar-refractivity contribution in [3.63, 3.8) is 0 Å². The smallest absolute Gasteiger partial charge is 0.143 e. The van der Waals surface area contributed by atoms with Crippen molar-refractivity contribution in [3.05, 3.63) is 18.6 Å². The molecule has 8 nitrogen and oxygen atoms in total. The van der Waals surface area contributed by atoms with Gasteiger partial charge in [-0.3, -0.25) is 0 Å². The van der Waals surface area contributed by atoms with E-state index >= 15 is 0 Å². The van der Waals surface area contributed by atoms with Crippen molar-refractivity contribution in [1.29, 1.82) is 0 Å². The summed E-state index contributed by atoms with van der Waals surface area (Å²) in [5.74, 6) is 5.24. The largest absolute Gasteiger partial charge is 0.392 e. The molecule has 1 aliphatic rings. The van der Waals surface area contributed by atoms with Crippen LogP contribution in [0.4, 0.5) is 0 Å². The van der Waals surface area contributed by atoms with E-state index in [4.69, 9.17) is 0 Å². The zero-order chi connectivity index (χ0) is 17.1. The number of hydrazine groups is 1. The first-order valence-electron chi connectivity index (χ1n) is 7.41. The second kappa shape index (κ2) is 10.4. The quantitative estimate of drug-likeness (QED) is 0.615. The van der Waals surface area contributed by atoms with Crippen LogP contribution in [0.5, 0.6) is 0 Å². The number of aliphatic hydroxyl groups excluding tert-OH is 1. The molecule has 0 amide bonds. The highest BCUT2D eigenvalue weighted by Gasteiger charge is 2.18. The minimum atomic E-state index is -0.582. The molecule has 1 saturated heterocycles. The monoisotopic (exact) mass is 322 g/mol. The summed E-state index contributed by atoms with van der Waals surface area (Å²) < 4.78 is 0. The van der Waals surface area contributed by atoms with Crippen LogP contribution in [0.1, 0.15) is 6.92 Å². The van der Waals surface area contributed by atoms with Crippen LogP contribution in [0.3, 0.4) is 0 Å². The van der Waals surface area contributed by atoms with Gasteiger partial charge in [0.2, 0.25) is 0 Å². The van der Waals surface area contributed by atoms with Gasteiger partial charge in [0, 0.05) is 39.3 Å². The lowest BCUT2D eigenvalue weighted by Gasteiger charge is -2.38. The number of hydrogen-bond donors (Lipinski definition) is 1. The Balaban J connectivity index is 2.98. The van der Waals surface area contributed by atoms with E-state index in [1.54, 1.807) is 39.6 Å². The maximum atomic E-state index is 10.8. The molecule has 0 spiro atoms. The minimum absolute atomic E-state index is 0.334. The van der Waals surface area contributed by atoms with Crippen molar-refractivity contribution < 1.29 is 19.5 Å². The average Bonchev–Trinajstić information content (AvgIpc) is 2.51. The van der Waals surface area contributed by atoms with Crippen LogP contribution >= 0.6 is 0 Å². The number of carbonyl (C=O) groups excluding carboxylic acids is 3. The summed E-state index contributed by atoms with van der Waals surface area (Å²) >= 11 is 0. The van der Waals surface area contributed by atoms with Crippen LogP contribution in [0.15, 0.2) is 18.6 Å². The normalized spacial score (nSPS) is 18.3. The maximum Gasteiger partial charge on any atom is 0.143 e. The van der Waals surface area contributed by atoms with E-state index in [0.717, 1.165) is 0 Å². The number of rotatable bonds is 5. The summed E-state index contributed by atoms with van der Waals surface area (Å²) in [7, 11) is 0. The van der Waals surface area contributed by atoms with Gasteiger partial charge in [-0.25, -0.2) is 19.4 Å². The van der Waals surface area contributed by atoms with Gasteiger partial charge in [-0.2, -0.15) is 0 Å². The van der Waals surface area contributed by atoms with E-state index < -0.39 is 6.10 Å². The van der Waals surface area contributed by atoms with E-state index in [0.29, 0.717) is 45.8 Å². The third-order valence-corrected chi connectivity index (χ3v) is 3.45. The molecule has 1 fully saturated rings. The van der Waals surface area contributed by atoms with E-state index in [1.165, 1.54) is 18.6 Å². The lowest BCUT2D eigenvalue weighted by Crippen LogP contribution is -2.50. The third kappa shape index (κ3) is 6.98. The number of hydrogen-bond acceptors (Lipinski definition) is 8. The Morgan fingerprint density at radius 2 is 1.35 bits per heavy atom. The Morgan fingerprint density at radius 3 is 1.83 bits per heavy atom. The molecular weight excluding hydrogens is 300 g/mol. The molecule has 1 aliphatic heterocycles. The fourth-order valence-electron chi connectivity index (χ4n) is 2.34. The molecule has 0 aliphatic carbocycles. The summed E-state index contributed by atoms with van der Waals surface area (Å²) in [6, 6.07) is 0. The zero-order valence-electron chi connectivity index (χ0n) is 13.2. The van der Waals surface area contributed by atoms with E-state index in [2.05, 4.69) is 0 Å². The van der Waals surface area contributed by atoms with Crippen LogP contribution in [0, 0.1) is 0 Å². The second-order valence-corrected chi connectivity index (χ2v) is 5.24. The van der Waals surface area contributed by atoms with E-state index in [9.17, 15) is 19.5 Å². The highest BCUT2D eigenvalue weighted by Crippen LogP contribution is 2.05. The fraction of sp³-hybridized carbons (Fsp3) is 0.600. The molecule has 0 aromatic heterocycles. The first kappa shape index (κ1) is 18.7. The molecule has 0 saturated carbocycles. The van der Waals surface area contributed by atoms with Gasteiger partial charge >= 0.3 is 0 Å². The van der Waals surface area contributed by atoms with Crippen molar-refractivity contribution >= 4 is 17.8 Å². The molecule has 1 unspecified atom stereocenters. The first-order valence-corrected chi connectivity index (χ1v) is 7.41. The van der Waals surface area contributed by atoms with Crippen molar-refractivity contribution in [2.75, 3.05) is 45.8 Å². The average molecular weight is 322 g/mol. The van der Waals surface area contributed by atoms with Gasteiger partial charge < -0.3 is 19.9 Å². The summed E-state index contributed by atoms with van der Waals surface area (Å²) in [6.07, 6.45) is 3.32. The highest BCUT2D eigenvalue weighted by atomic mass is 16.3. The molecule has 23 heavy (non-hydrogen) atoms. The molecule has 8 heteroatoms. The zero-order valence-corrected chi connectivity index (χ0v) is 13.2. The van der Waals surface area contributed by atoms with Gasteiger partial charge in [-0.15, -0.1) is 0 Å². The number of β-amino-alcohol motifs (C(OH)–C–C–N with tert-alkyl or cyclic N) is 1. The number of aliphatic hydroxyl groups is 1. The summed E-state index contributed by atoms with van der Waals surface area (Å²) in [4.78, 5) is 35.6. The summed E-state index contributed by atoms with van der Waals surface area (Å²) in [5.41, 5.74) is 0. The number of nitrogens with zero attached hydrogens (tertiary/aromatic N) is 4. The van der Waals surface area contributed by atoms with E-state index in [-0.39, 0.29) is 0 Å². The lowest BCUT2D eigenvalue weighted by molar-refractivity contribution is -0.0227. The second-order valence-electron chi connectivity index (χ2n) is 5.24. The molecule has 1 heterocycles. The van der Waals surface area contributed by atoms with Gasteiger partial charge in [0.05, 0.1) is 31.2 Å². The molecule has 0 aromatic carbocycles. The molecule has 126 valence electrons. The van der Waals surface area contributed by atoms with Crippen molar-refractivity contribution in [2.45, 2.75) is 13.0 Å². The van der Waals surface area contributed by atoms with Gasteiger partial charge in [-0.05, 0) is 6.92 Å². The molecule has 0 radical (unpaired) electrons. The topological polar surface area (TPSA) is 84.4 Å². The molecule has 1 atom stereocenters. The highest BCUT2D eigenvalue weighted by molar-refractivity contribution is 5.45.